The second-order valence-electron chi connectivity index (χ2n) is 5.64. The van der Waals surface area contributed by atoms with Gasteiger partial charge >= 0.3 is 5.97 Å². The average molecular weight is 292 g/mol. The lowest BCUT2D eigenvalue weighted by molar-refractivity contribution is -0.142. The molecule has 1 N–H and O–H groups in total. The van der Waals surface area contributed by atoms with Crippen LogP contribution in [0.5, 0.6) is 5.75 Å². The first-order valence-electron chi connectivity index (χ1n) is 8.03. The molecule has 21 heavy (non-hydrogen) atoms. The molecule has 0 aliphatic heterocycles. The van der Waals surface area contributed by atoms with E-state index in [4.69, 9.17) is 4.74 Å². The predicted octanol–water partition coefficient (Wildman–Crippen LogP) is 4.69. The highest BCUT2D eigenvalue weighted by molar-refractivity contribution is 5.70. The number of hydrogen-bond acceptors (Lipinski definition) is 2. The highest BCUT2D eigenvalue weighted by Crippen LogP contribution is 2.19. The molecule has 0 saturated heterocycles. The number of unbranched alkanes of at least 4 members (excludes halogenated alkanes) is 5. The Labute approximate surface area is 128 Å². The summed E-state index contributed by atoms with van der Waals surface area (Å²) in [5, 5.41) is 9.35. The fourth-order valence-electron chi connectivity index (χ4n) is 2.53. The van der Waals surface area contributed by atoms with Gasteiger partial charge in [0.2, 0.25) is 0 Å². The van der Waals surface area contributed by atoms with Gasteiger partial charge in [0.05, 0.1) is 13.0 Å². The molecule has 1 aromatic carbocycles. The number of ether oxygens (including phenoxy) is 1. The van der Waals surface area contributed by atoms with Crippen LogP contribution in [0.1, 0.15) is 57.4 Å². The van der Waals surface area contributed by atoms with Gasteiger partial charge in [-0.15, -0.1) is 0 Å². The Morgan fingerprint density at radius 2 is 1.71 bits per heavy atom. The highest BCUT2D eigenvalue weighted by atomic mass is 16.5. The third kappa shape index (κ3) is 7.16. The summed E-state index contributed by atoms with van der Waals surface area (Å²) in [6.07, 6.45) is 8.56. The van der Waals surface area contributed by atoms with Crippen molar-refractivity contribution in [2.75, 3.05) is 7.11 Å². The van der Waals surface area contributed by atoms with Crippen LogP contribution in [0.4, 0.5) is 0 Å². The Bertz CT molecular complexity index is 397. The van der Waals surface area contributed by atoms with Crippen molar-refractivity contribution < 1.29 is 14.6 Å². The van der Waals surface area contributed by atoms with Crippen molar-refractivity contribution in [1.82, 2.24) is 0 Å². The van der Waals surface area contributed by atoms with E-state index in [1.165, 1.54) is 25.7 Å². The summed E-state index contributed by atoms with van der Waals surface area (Å²) in [5.74, 6) is -0.148. The summed E-state index contributed by atoms with van der Waals surface area (Å²) >= 11 is 0. The fourth-order valence-corrected chi connectivity index (χ4v) is 2.53. The highest BCUT2D eigenvalue weighted by Gasteiger charge is 2.17. The first kappa shape index (κ1) is 17.5. The second-order valence-corrected chi connectivity index (χ2v) is 5.64. The molecular weight excluding hydrogens is 264 g/mol. The Hall–Kier alpha value is -1.51. The lowest BCUT2D eigenvalue weighted by atomic mass is 9.93. The molecule has 1 rings (SSSR count). The molecule has 3 nitrogen and oxygen atoms in total. The van der Waals surface area contributed by atoms with Crippen molar-refractivity contribution in [2.45, 2.75) is 58.3 Å². The van der Waals surface area contributed by atoms with Crippen molar-refractivity contribution in [1.29, 1.82) is 0 Å². The van der Waals surface area contributed by atoms with E-state index >= 15 is 0 Å². The number of carbonyl (C=O) groups is 1. The van der Waals surface area contributed by atoms with Gasteiger partial charge in [-0.1, -0.05) is 57.6 Å². The van der Waals surface area contributed by atoms with Crippen LogP contribution in [0.25, 0.3) is 0 Å². The Kier molecular flexibility index (Phi) is 8.56. The number of aliphatic carboxylic acids is 1. The van der Waals surface area contributed by atoms with Gasteiger partial charge < -0.3 is 9.84 Å². The molecule has 0 spiro atoms. The van der Waals surface area contributed by atoms with E-state index in [-0.39, 0.29) is 5.92 Å². The van der Waals surface area contributed by atoms with Crippen LogP contribution >= 0.6 is 0 Å². The minimum Gasteiger partial charge on any atom is -0.497 e. The van der Waals surface area contributed by atoms with Gasteiger partial charge in [0.15, 0.2) is 0 Å². The van der Waals surface area contributed by atoms with Crippen molar-refractivity contribution in [3.05, 3.63) is 29.8 Å². The standard InChI is InChI=1S/C18H28O3/c1-3-4-5-6-7-8-9-16(18(19)20)14-15-10-12-17(21-2)13-11-15/h10-13,16H,3-9,14H2,1-2H3,(H,19,20). The number of benzene rings is 1. The van der Waals surface area contributed by atoms with Crippen LogP contribution < -0.4 is 4.74 Å². The molecule has 0 amide bonds. The van der Waals surface area contributed by atoms with Gasteiger partial charge in [-0.05, 0) is 30.5 Å². The number of methoxy groups -OCH3 is 1. The number of rotatable bonds is 11. The molecule has 0 heterocycles. The first-order valence-corrected chi connectivity index (χ1v) is 8.03. The van der Waals surface area contributed by atoms with Crippen molar-refractivity contribution in [2.24, 2.45) is 5.92 Å². The summed E-state index contributed by atoms with van der Waals surface area (Å²) in [6, 6.07) is 7.68. The van der Waals surface area contributed by atoms with Gasteiger partial charge in [-0.25, -0.2) is 0 Å². The molecular formula is C18H28O3. The largest absolute Gasteiger partial charge is 0.497 e. The molecule has 0 fully saturated rings. The SMILES string of the molecule is CCCCCCCCC(Cc1ccc(OC)cc1)C(=O)O. The van der Waals surface area contributed by atoms with Crippen molar-refractivity contribution in [3.8, 4) is 5.75 Å². The van der Waals surface area contributed by atoms with Crippen LogP contribution in [0.3, 0.4) is 0 Å². The zero-order chi connectivity index (χ0) is 15.5. The summed E-state index contributed by atoms with van der Waals surface area (Å²) in [4.78, 5) is 11.4. The molecule has 0 aromatic heterocycles. The smallest absolute Gasteiger partial charge is 0.306 e. The van der Waals surface area contributed by atoms with Crippen LogP contribution in [0, 0.1) is 5.92 Å². The van der Waals surface area contributed by atoms with Gasteiger partial charge in [0.25, 0.3) is 0 Å². The summed E-state index contributed by atoms with van der Waals surface area (Å²) in [7, 11) is 1.63. The monoisotopic (exact) mass is 292 g/mol. The molecule has 1 unspecified atom stereocenters. The van der Waals surface area contributed by atoms with E-state index in [1.807, 2.05) is 24.3 Å². The van der Waals surface area contributed by atoms with E-state index in [9.17, 15) is 9.90 Å². The minimum atomic E-state index is -0.681. The zero-order valence-electron chi connectivity index (χ0n) is 13.3. The van der Waals surface area contributed by atoms with Crippen LogP contribution in [-0.2, 0) is 11.2 Å². The van der Waals surface area contributed by atoms with Gasteiger partial charge in [0.1, 0.15) is 5.75 Å². The molecule has 3 heteroatoms. The third-order valence-corrected chi connectivity index (χ3v) is 3.90. The maximum Gasteiger partial charge on any atom is 0.306 e. The normalized spacial score (nSPS) is 12.1. The van der Waals surface area contributed by atoms with E-state index in [1.54, 1.807) is 7.11 Å². The molecule has 0 bridgehead atoms. The topological polar surface area (TPSA) is 46.5 Å². The van der Waals surface area contributed by atoms with Crippen molar-refractivity contribution in [3.63, 3.8) is 0 Å². The van der Waals surface area contributed by atoms with Gasteiger partial charge in [-0.2, -0.15) is 0 Å². The predicted molar refractivity (Wildman–Crippen MR) is 85.8 cm³/mol. The lowest BCUT2D eigenvalue weighted by Gasteiger charge is -2.12. The Morgan fingerprint density at radius 3 is 2.29 bits per heavy atom. The van der Waals surface area contributed by atoms with Crippen molar-refractivity contribution >= 4 is 5.97 Å². The summed E-state index contributed by atoms with van der Waals surface area (Å²) < 4.78 is 5.12. The van der Waals surface area contributed by atoms with E-state index in [2.05, 4.69) is 6.92 Å². The lowest BCUT2D eigenvalue weighted by Crippen LogP contribution is -2.16. The average Bonchev–Trinajstić information content (AvgIpc) is 2.50. The molecule has 1 aromatic rings. The van der Waals surface area contributed by atoms with Crippen LogP contribution in [-0.4, -0.2) is 18.2 Å². The first-order chi connectivity index (χ1) is 10.2. The maximum atomic E-state index is 11.4. The Balaban J connectivity index is 2.37. The number of carboxylic acids is 1. The molecule has 0 aliphatic carbocycles. The zero-order valence-corrected chi connectivity index (χ0v) is 13.3. The molecule has 118 valence electrons. The van der Waals surface area contributed by atoms with Crippen LogP contribution in [0.15, 0.2) is 24.3 Å². The second kappa shape index (κ2) is 10.3. The van der Waals surface area contributed by atoms with Gasteiger partial charge in [0, 0.05) is 0 Å². The van der Waals surface area contributed by atoms with Gasteiger partial charge in [-0.3, -0.25) is 4.79 Å². The Morgan fingerprint density at radius 1 is 1.10 bits per heavy atom. The molecule has 0 aliphatic rings. The fraction of sp³-hybridized carbons (Fsp3) is 0.611. The molecule has 0 radical (unpaired) electrons. The summed E-state index contributed by atoms with van der Waals surface area (Å²) in [6.45, 7) is 2.20. The number of carboxylic acid groups (broad SMARTS) is 1. The summed E-state index contributed by atoms with van der Waals surface area (Å²) in [5.41, 5.74) is 1.06. The third-order valence-electron chi connectivity index (χ3n) is 3.90. The van der Waals surface area contributed by atoms with Crippen LogP contribution in [0.2, 0.25) is 0 Å². The quantitative estimate of drug-likeness (QED) is 0.602. The minimum absolute atomic E-state index is 0.274. The maximum absolute atomic E-state index is 11.4. The number of hydrogen-bond donors (Lipinski definition) is 1. The molecule has 1 atom stereocenters. The van der Waals surface area contributed by atoms with E-state index in [0.717, 1.165) is 30.6 Å². The molecule has 0 saturated carbocycles. The van der Waals surface area contributed by atoms with E-state index < -0.39 is 5.97 Å². The van der Waals surface area contributed by atoms with E-state index in [0.29, 0.717) is 6.42 Å².